The number of H-pyrrole nitrogens is 1. The number of aromatic nitrogens is 5. The molecule has 0 saturated carbocycles. The summed E-state index contributed by atoms with van der Waals surface area (Å²) in [5.41, 5.74) is 1.20. The number of aryl methyl sites for hydroxylation is 2. The van der Waals surface area contributed by atoms with Crippen molar-refractivity contribution >= 4 is 5.91 Å². The lowest BCUT2D eigenvalue weighted by Crippen LogP contribution is -2.49. The molecule has 8 nitrogen and oxygen atoms in total. The number of amides is 1. The third-order valence-electron chi connectivity index (χ3n) is 4.10. The van der Waals surface area contributed by atoms with Gasteiger partial charge in [-0.15, -0.1) is 0 Å². The van der Waals surface area contributed by atoms with Gasteiger partial charge in [-0.05, 0) is 32.8 Å². The molecule has 3 rings (SSSR count). The predicted octanol–water partition coefficient (Wildman–Crippen LogP) is 0.128. The molecule has 0 spiro atoms. The lowest BCUT2D eigenvalue weighted by atomic mass is 9.90. The van der Waals surface area contributed by atoms with Crippen molar-refractivity contribution in [1.29, 1.82) is 0 Å². The summed E-state index contributed by atoms with van der Waals surface area (Å²) in [7, 11) is 0. The van der Waals surface area contributed by atoms with Gasteiger partial charge in [0, 0.05) is 12.2 Å². The van der Waals surface area contributed by atoms with Gasteiger partial charge in [0.1, 0.15) is 17.8 Å². The fourth-order valence-corrected chi connectivity index (χ4v) is 2.95. The molecule has 1 saturated heterocycles. The highest BCUT2D eigenvalue weighted by Crippen LogP contribution is 2.29. The van der Waals surface area contributed by atoms with Crippen LogP contribution in [-0.4, -0.2) is 54.2 Å². The summed E-state index contributed by atoms with van der Waals surface area (Å²) in [5.74, 6) is -0.0483. The summed E-state index contributed by atoms with van der Waals surface area (Å²) in [6.07, 6.45) is 2.81. The van der Waals surface area contributed by atoms with Crippen LogP contribution in [-0.2, 0) is 16.9 Å². The quantitative estimate of drug-likeness (QED) is 0.839. The number of aromatic amines is 1. The van der Waals surface area contributed by atoms with E-state index in [1.807, 2.05) is 19.9 Å². The zero-order valence-electron chi connectivity index (χ0n) is 12.8. The first-order valence-electron chi connectivity index (χ1n) is 7.35. The first-order valence-corrected chi connectivity index (χ1v) is 7.35. The molecule has 0 aromatic carbocycles. The highest BCUT2D eigenvalue weighted by Gasteiger charge is 2.38. The van der Waals surface area contributed by atoms with Gasteiger partial charge < -0.3 is 10.0 Å². The van der Waals surface area contributed by atoms with E-state index < -0.39 is 5.60 Å². The molecule has 1 atom stereocenters. The van der Waals surface area contributed by atoms with Crippen molar-refractivity contribution in [2.24, 2.45) is 0 Å². The molecular weight excluding hydrogens is 284 g/mol. The smallest absolute Gasteiger partial charge is 0.244 e. The van der Waals surface area contributed by atoms with Gasteiger partial charge in [0.2, 0.25) is 5.91 Å². The third kappa shape index (κ3) is 2.74. The van der Waals surface area contributed by atoms with Crippen LogP contribution in [0.2, 0.25) is 0 Å². The molecule has 1 aliphatic rings. The van der Waals surface area contributed by atoms with E-state index in [-0.39, 0.29) is 19.0 Å². The fraction of sp³-hybridized carbons (Fsp3) is 0.571. The number of aliphatic hydroxyl groups is 1. The molecular formula is C14H20N6O2. The Kier molecular flexibility index (Phi) is 3.69. The van der Waals surface area contributed by atoms with Crippen LogP contribution >= 0.6 is 0 Å². The molecule has 3 heterocycles. The zero-order valence-corrected chi connectivity index (χ0v) is 12.8. The Labute approximate surface area is 128 Å². The molecule has 0 radical (unpaired) electrons. The summed E-state index contributed by atoms with van der Waals surface area (Å²) in [4.78, 5) is 14.2. The first kappa shape index (κ1) is 14.7. The SMILES string of the molecule is Cc1cc(C)n(CC(=O)N2CCC[C@@](O)(c3cn[nH]n3)C2)n1. The number of β-amino-alcohol motifs (C(OH)–C–C–N with tert-alkyl or cyclic N) is 1. The van der Waals surface area contributed by atoms with E-state index in [0.29, 0.717) is 18.7 Å². The van der Waals surface area contributed by atoms with Crippen molar-refractivity contribution in [3.05, 3.63) is 29.3 Å². The van der Waals surface area contributed by atoms with Crippen LogP contribution in [0, 0.1) is 13.8 Å². The van der Waals surface area contributed by atoms with Crippen LogP contribution in [0.3, 0.4) is 0 Å². The fourth-order valence-electron chi connectivity index (χ4n) is 2.95. The van der Waals surface area contributed by atoms with Crippen molar-refractivity contribution in [3.63, 3.8) is 0 Å². The van der Waals surface area contributed by atoms with Gasteiger partial charge in [-0.1, -0.05) is 0 Å². The summed E-state index contributed by atoms with van der Waals surface area (Å²) in [6, 6.07) is 1.94. The Balaban J connectivity index is 1.72. The summed E-state index contributed by atoms with van der Waals surface area (Å²) in [5, 5.41) is 25.3. The molecule has 8 heteroatoms. The second kappa shape index (κ2) is 5.53. The van der Waals surface area contributed by atoms with E-state index in [9.17, 15) is 9.90 Å². The van der Waals surface area contributed by atoms with Crippen LogP contribution in [0.5, 0.6) is 0 Å². The number of nitrogens with one attached hydrogen (secondary N) is 1. The Morgan fingerprint density at radius 2 is 2.32 bits per heavy atom. The van der Waals surface area contributed by atoms with Gasteiger partial charge in [0.25, 0.3) is 0 Å². The standard InChI is InChI=1S/C14H20N6O2/c1-10-6-11(2)20(17-10)8-13(21)19-5-3-4-14(22,9-19)12-7-15-18-16-12/h6-7,22H,3-5,8-9H2,1-2H3,(H,15,16,18)/t14-/m0/s1. The number of likely N-dealkylation sites (tertiary alicyclic amines) is 1. The minimum Gasteiger partial charge on any atom is -0.382 e. The maximum Gasteiger partial charge on any atom is 0.244 e. The topological polar surface area (TPSA) is 99.9 Å². The molecule has 2 aromatic heterocycles. The number of nitrogens with zero attached hydrogens (tertiary/aromatic N) is 5. The zero-order chi connectivity index (χ0) is 15.7. The van der Waals surface area contributed by atoms with E-state index in [4.69, 9.17) is 0 Å². The maximum atomic E-state index is 12.5. The number of hydrogen-bond acceptors (Lipinski definition) is 5. The van der Waals surface area contributed by atoms with Crippen molar-refractivity contribution in [2.45, 2.75) is 38.8 Å². The third-order valence-corrected chi connectivity index (χ3v) is 4.10. The second-order valence-corrected chi connectivity index (χ2v) is 5.89. The maximum absolute atomic E-state index is 12.5. The molecule has 118 valence electrons. The van der Waals surface area contributed by atoms with Gasteiger partial charge in [-0.2, -0.15) is 20.5 Å². The molecule has 1 amide bonds. The lowest BCUT2D eigenvalue weighted by molar-refractivity contribution is -0.140. The van der Waals surface area contributed by atoms with E-state index in [1.165, 1.54) is 6.20 Å². The van der Waals surface area contributed by atoms with Gasteiger partial charge in [-0.25, -0.2) is 0 Å². The van der Waals surface area contributed by atoms with Gasteiger partial charge >= 0.3 is 0 Å². The van der Waals surface area contributed by atoms with Crippen LogP contribution in [0.25, 0.3) is 0 Å². The number of carbonyl (C=O) groups excluding carboxylic acids is 1. The van der Waals surface area contributed by atoms with E-state index in [1.54, 1.807) is 9.58 Å². The molecule has 0 aliphatic carbocycles. The second-order valence-electron chi connectivity index (χ2n) is 5.89. The average molecular weight is 304 g/mol. The minimum atomic E-state index is -1.13. The van der Waals surface area contributed by atoms with Gasteiger partial charge in [-0.3, -0.25) is 9.48 Å². The van der Waals surface area contributed by atoms with Crippen LogP contribution in [0.15, 0.2) is 12.3 Å². The summed E-state index contributed by atoms with van der Waals surface area (Å²) < 4.78 is 1.70. The minimum absolute atomic E-state index is 0.0483. The Bertz CT molecular complexity index is 665. The lowest BCUT2D eigenvalue weighted by Gasteiger charge is -2.38. The Morgan fingerprint density at radius 1 is 1.50 bits per heavy atom. The molecule has 22 heavy (non-hydrogen) atoms. The number of piperidine rings is 1. The molecule has 0 bridgehead atoms. The average Bonchev–Trinajstić information content (AvgIpc) is 3.10. The molecule has 0 unspecified atom stereocenters. The van der Waals surface area contributed by atoms with Gasteiger partial charge in [0.05, 0.1) is 18.4 Å². The predicted molar refractivity (Wildman–Crippen MR) is 77.8 cm³/mol. The Hall–Kier alpha value is -2.22. The van der Waals surface area contributed by atoms with Gasteiger partial charge in [0.15, 0.2) is 0 Å². The van der Waals surface area contributed by atoms with Crippen molar-refractivity contribution in [2.75, 3.05) is 13.1 Å². The van der Waals surface area contributed by atoms with E-state index in [0.717, 1.165) is 17.8 Å². The van der Waals surface area contributed by atoms with Crippen molar-refractivity contribution in [3.8, 4) is 0 Å². The molecule has 1 aliphatic heterocycles. The Morgan fingerprint density at radius 3 is 2.95 bits per heavy atom. The van der Waals surface area contributed by atoms with E-state index in [2.05, 4.69) is 20.5 Å². The van der Waals surface area contributed by atoms with Crippen molar-refractivity contribution < 1.29 is 9.90 Å². The number of rotatable bonds is 3. The molecule has 2 aromatic rings. The molecule has 1 fully saturated rings. The number of carbonyl (C=O) groups is 1. The number of hydrogen-bond donors (Lipinski definition) is 2. The summed E-state index contributed by atoms with van der Waals surface area (Å²) in [6.45, 7) is 4.89. The highest BCUT2D eigenvalue weighted by atomic mass is 16.3. The largest absolute Gasteiger partial charge is 0.382 e. The summed E-state index contributed by atoms with van der Waals surface area (Å²) >= 11 is 0. The molecule has 2 N–H and O–H groups in total. The van der Waals surface area contributed by atoms with Crippen LogP contribution in [0.4, 0.5) is 0 Å². The normalized spacial score (nSPS) is 22.0. The van der Waals surface area contributed by atoms with Crippen molar-refractivity contribution in [1.82, 2.24) is 30.1 Å². The first-order chi connectivity index (χ1) is 10.5. The van der Waals surface area contributed by atoms with Crippen LogP contribution in [0.1, 0.15) is 29.9 Å². The van der Waals surface area contributed by atoms with E-state index >= 15 is 0 Å². The van der Waals surface area contributed by atoms with Crippen LogP contribution < -0.4 is 0 Å². The monoisotopic (exact) mass is 304 g/mol. The highest BCUT2D eigenvalue weighted by molar-refractivity contribution is 5.76.